The molecule has 0 spiro atoms. The van der Waals surface area contributed by atoms with Gasteiger partial charge in [0.2, 0.25) is 0 Å². The molecule has 13 rings (SSSR count). The first-order valence-electron chi connectivity index (χ1n) is 19.1. The monoisotopic (exact) mass is 610 g/mol. The van der Waals surface area contributed by atoms with Crippen LogP contribution in [0.15, 0.2) is 72.8 Å². The Bertz CT molecular complexity index is 2010. The van der Waals surface area contributed by atoms with Gasteiger partial charge in [-0.3, -0.25) is 0 Å². The molecule has 0 N–H and O–H groups in total. The van der Waals surface area contributed by atoms with Crippen molar-refractivity contribution >= 4 is 67.4 Å². The summed E-state index contributed by atoms with van der Waals surface area (Å²) in [4.78, 5) is 5.70. The van der Waals surface area contributed by atoms with E-state index in [1.54, 1.807) is 55.8 Å². The Balaban J connectivity index is 1.19. The molecule has 4 saturated carbocycles. The fourth-order valence-electron chi connectivity index (χ4n) is 12.8. The third-order valence-corrected chi connectivity index (χ3v) is 14.2. The van der Waals surface area contributed by atoms with E-state index in [0.29, 0.717) is 0 Å². The number of hydrogen-bond acceptors (Lipinski definition) is 2. The van der Waals surface area contributed by atoms with E-state index in [9.17, 15) is 0 Å². The SMILES string of the molecule is c1ccc2c3c4c(cc2c1)B1c2cc5ccccc5c5c2N(CCCC5)c2cc(C5C6CC7CC(C6)CC5C7)cc(c21)N4CCCC3. The summed E-state index contributed by atoms with van der Waals surface area (Å²) in [5.41, 5.74) is 15.9. The van der Waals surface area contributed by atoms with Gasteiger partial charge < -0.3 is 9.80 Å². The molecule has 5 aromatic rings. The van der Waals surface area contributed by atoms with Gasteiger partial charge in [0.05, 0.1) is 0 Å². The number of anilines is 4. The van der Waals surface area contributed by atoms with E-state index in [4.69, 9.17) is 0 Å². The topological polar surface area (TPSA) is 6.48 Å². The molecular weight excluding hydrogens is 567 g/mol. The second-order valence-corrected chi connectivity index (χ2v) is 16.6. The van der Waals surface area contributed by atoms with E-state index in [1.807, 2.05) is 0 Å². The fourth-order valence-corrected chi connectivity index (χ4v) is 12.8. The number of benzene rings is 5. The van der Waals surface area contributed by atoms with E-state index in [1.165, 1.54) is 92.2 Å². The molecule has 4 fully saturated rings. The second kappa shape index (κ2) is 9.46. The molecule has 0 aromatic heterocycles. The zero-order valence-electron chi connectivity index (χ0n) is 27.5. The van der Waals surface area contributed by atoms with Gasteiger partial charge in [-0.1, -0.05) is 60.7 Å². The van der Waals surface area contributed by atoms with Crippen LogP contribution in [0.4, 0.5) is 22.7 Å². The van der Waals surface area contributed by atoms with Crippen LogP contribution in [0, 0.1) is 23.7 Å². The van der Waals surface area contributed by atoms with Crippen LogP contribution in [0.5, 0.6) is 0 Å². The van der Waals surface area contributed by atoms with Crippen molar-refractivity contribution in [3.05, 3.63) is 89.5 Å². The highest BCUT2D eigenvalue weighted by Gasteiger charge is 2.50. The maximum Gasteiger partial charge on any atom is 0.252 e. The highest BCUT2D eigenvalue weighted by molar-refractivity contribution is 7.00. The Morgan fingerprint density at radius 3 is 1.60 bits per heavy atom. The lowest BCUT2D eigenvalue weighted by molar-refractivity contribution is -0.00274. The van der Waals surface area contributed by atoms with Crippen LogP contribution in [0.3, 0.4) is 0 Å². The van der Waals surface area contributed by atoms with Crippen LogP contribution >= 0.6 is 0 Å². The minimum Gasteiger partial charge on any atom is -0.342 e. The van der Waals surface area contributed by atoms with E-state index in [-0.39, 0.29) is 6.71 Å². The zero-order valence-corrected chi connectivity index (χ0v) is 27.5. The molecule has 4 aliphatic carbocycles. The first-order valence-corrected chi connectivity index (χ1v) is 19.1. The molecule has 0 saturated heterocycles. The number of aryl methyl sites for hydroxylation is 2. The van der Waals surface area contributed by atoms with E-state index in [2.05, 4.69) is 82.6 Å². The van der Waals surface area contributed by atoms with Gasteiger partial charge in [0, 0.05) is 35.8 Å². The maximum atomic E-state index is 2.85. The molecule has 8 aliphatic rings. The van der Waals surface area contributed by atoms with Crippen molar-refractivity contribution in [1.29, 1.82) is 0 Å². The van der Waals surface area contributed by atoms with Gasteiger partial charge in [-0.15, -0.1) is 0 Å². The summed E-state index contributed by atoms with van der Waals surface area (Å²) >= 11 is 0. The van der Waals surface area contributed by atoms with E-state index < -0.39 is 0 Å². The Morgan fingerprint density at radius 1 is 0.553 bits per heavy atom. The Hall–Kier alpha value is -3.72. The lowest BCUT2D eigenvalue weighted by Gasteiger charge is -2.55. The summed E-state index contributed by atoms with van der Waals surface area (Å²) in [7, 11) is 0. The normalized spacial score (nSPS) is 27.8. The summed E-state index contributed by atoms with van der Waals surface area (Å²) in [5, 5.41) is 5.81. The Kier molecular flexibility index (Phi) is 5.29. The zero-order chi connectivity index (χ0) is 30.4. The molecule has 0 amide bonds. The minimum absolute atomic E-state index is 0.285. The van der Waals surface area contributed by atoms with Crippen molar-refractivity contribution in [3.8, 4) is 0 Å². The number of rotatable bonds is 1. The van der Waals surface area contributed by atoms with Crippen LogP contribution in [-0.4, -0.2) is 19.8 Å². The number of nitrogens with zero attached hydrogens (tertiary/aromatic N) is 2. The minimum atomic E-state index is 0.285. The number of hydrogen-bond donors (Lipinski definition) is 0. The van der Waals surface area contributed by atoms with Crippen molar-refractivity contribution in [2.45, 2.75) is 76.5 Å². The van der Waals surface area contributed by atoms with Gasteiger partial charge in [0.25, 0.3) is 6.71 Å². The molecule has 47 heavy (non-hydrogen) atoms. The average molecular weight is 611 g/mol. The van der Waals surface area contributed by atoms with Crippen molar-refractivity contribution in [2.24, 2.45) is 23.7 Å². The third-order valence-electron chi connectivity index (χ3n) is 14.2. The molecule has 232 valence electrons. The van der Waals surface area contributed by atoms with Crippen molar-refractivity contribution in [1.82, 2.24) is 0 Å². The first-order chi connectivity index (χ1) is 23.3. The summed E-state index contributed by atoms with van der Waals surface area (Å²) in [6.07, 6.45) is 14.9. The predicted molar refractivity (Wildman–Crippen MR) is 199 cm³/mol. The van der Waals surface area contributed by atoms with Crippen LogP contribution in [0.1, 0.15) is 80.4 Å². The van der Waals surface area contributed by atoms with Crippen molar-refractivity contribution in [3.63, 3.8) is 0 Å². The number of fused-ring (bicyclic) bond motifs is 8. The van der Waals surface area contributed by atoms with Gasteiger partial charge in [0.15, 0.2) is 0 Å². The van der Waals surface area contributed by atoms with Gasteiger partial charge in [-0.2, -0.15) is 0 Å². The second-order valence-electron chi connectivity index (χ2n) is 16.6. The molecule has 0 unspecified atom stereocenters. The highest BCUT2D eigenvalue weighted by Crippen LogP contribution is 2.60. The third kappa shape index (κ3) is 3.49. The molecule has 4 bridgehead atoms. The smallest absolute Gasteiger partial charge is 0.252 e. The van der Waals surface area contributed by atoms with Crippen LogP contribution in [0.2, 0.25) is 0 Å². The van der Waals surface area contributed by atoms with Gasteiger partial charge in [0.1, 0.15) is 0 Å². The lowest BCUT2D eigenvalue weighted by Crippen LogP contribution is -2.62. The highest BCUT2D eigenvalue weighted by atomic mass is 15.2. The molecule has 3 heteroatoms. The summed E-state index contributed by atoms with van der Waals surface area (Å²) in [5.74, 6) is 4.56. The molecule has 0 radical (unpaired) electrons. The first kappa shape index (κ1) is 26.3. The van der Waals surface area contributed by atoms with Gasteiger partial charge >= 0.3 is 0 Å². The van der Waals surface area contributed by atoms with Crippen LogP contribution in [-0.2, 0) is 12.8 Å². The summed E-state index contributed by atoms with van der Waals surface area (Å²) in [6.45, 7) is 2.56. The van der Waals surface area contributed by atoms with Crippen LogP contribution < -0.4 is 26.2 Å². The van der Waals surface area contributed by atoms with Gasteiger partial charge in [-0.25, -0.2) is 0 Å². The quantitative estimate of drug-likeness (QED) is 0.175. The molecule has 0 atom stereocenters. The molecule has 4 heterocycles. The van der Waals surface area contributed by atoms with Crippen LogP contribution in [0.25, 0.3) is 21.5 Å². The largest absolute Gasteiger partial charge is 0.342 e. The van der Waals surface area contributed by atoms with Crippen molar-refractivity contribution < 1.29 is 0 Å². The molecule has 2 nitrogen and oxygen atoms in total. The maximum absolute atomic E-state index is 2.85. The van der Waals surface area contributed by atoms with Crippen molar-refractivity contribution in [2.75, 3.05) is 22.9 Å². The lowest BCUT2D eigenvalue weighted by atomic mass is 9.33. The Morgan fingerprint density at radius 2 is 1.06 bits per heavy atom. The van der Waals surface area contributed by atoms with E-state index >= 15 is 0 Å². The summed E-state index contributed by atoms with van der Waals surface area (Å²) < 4.78 is 0. The molecule has 5 aromatic carbocycles. The summed E-state index contributed by atoms with van der Waals surface area (Å²) in [6, 6.07) is 29.4. The predicted octanol–water partition coefficient (Wildman–Crippen LogP) is 8.62. The van der Waals surface area contributed by atoms with Gasteiger partial charge in [-0.05, 0) is 167 Å². The molecule has 4 aliphatic heterocycles. The fraction of sp³-hybridized carbons (Fsp3) is 0.409. The average Bonchev–Trinajstić information content (AvgIpc) is 3.46. The Labute approximate surface area is 279 Å². The molecular formula is C44H43BN2. The standard InChI is InChI=1S/C44H43BN2/c1-3-11-33-28(9-1)22-37-43-35(33)13-5-7-15-46(43)39-24-32(41-30-18-26-17-27(20-30)21-31(41)19-26)25-40-42(39)45(37)38-23-29-10-2-4-12-34(29)36-14-6-8-16-47(40)44(36)38/h1-4,9-12,22-27,30-31,41H,5-8,13-21H2. The van der Waals surface area contributed by atoms with E-state index in [0.717, 1.165) is 42.7 Å².